The van der Waals surface area contributed by atoms with Gasteiger partial charge in [0.1, 0.15) is 6.29 Å². The highest BCUT2D eigenvalue weighted by molar-refractivity contribution is 7.89. The molecule has 0 amide bonds. The van der Waals surface area contributed by atoms with Gasteiger partial charge in [-0.15, -0.1) is 0 Å². The van der Waals surface area contributed by atoms with Crippen LogP contribution in [0.15, 0.2) is 47.4 Å². The molecule has 2 aromatic carbocycles. The lowest BCUT2D eigenvalue weighted by Crippen LogP contribution is -2.29. The summed E-state index contributed by atoms with van der Waals surface area (Å²) in [5.74, 6) is -1.80. The summed E-state index contributed by atoms with van der Waals surface area (Å²) < 4.78 is 27.5. The number of carboxylic acid groups (broad SMARTS) is 1. The van der Waals surface area contributed by atoms with E-state index in [9.17, 15) is 23.1 Å². The van der Waals surface area contributed by atoms with E-state index in [4.69, 9.17) is 11.6 Å². The number of hydrogen-bond acceptors (Lipinski definition) is 4. The minimum atomic E-state index is -3.62. The third kappa shape index (κ3) is 4.60. The Morgan fingerprint density at radius 2 is 1.86 bits per heavy atom. The number of carbonyl (C=O) groups excluding carboxylic acids is 1. The van der Waals surface area contributed by atoms with Crippen LogP contribution in [0.5, 0.6) is 0 Å². The van der Waals surface area contributed by atoms with E-state index in [-0.39, 0.29) is 23.8 Å². The largest absolute Gasteiger partial charge is 0.481 e. The highest BCUT2D eigenvalue weighted by atomic mass is 35.5. The molecule has 0 aliphatic heterocycles. The summed E-state index contributed by atoms with van der Waals surface area (Å²) in [5.41, 5.74) is 2.68. The van der Waals surface area contributed by atoms with Gasteiger partial charge in [0, 0.05) is 18.0 Å². The smallest absolute Gasteiger partial charge is 0.311 e. The van der Waals surface area contributed by atoms with E-state index < -0.39 is 21.9 Å². The van der Waals surface area contributed by atoms with Crippen LogP contribution in [0.2, 0.25) is 5.02 Å². The van der Waals surface area contributed by atoms with Crippen molar-refractivity contribution in [2.24, 2.45) is 5.92 Å². The maximum absolute atomic E-state index is 12.4. The first-order valence-corrected chi connectivity index (χ1v) is 10.7. The minimum absolute atomic E-state index is 0.0710. The number of rotatable bonds is 8. The third-order valence-corrected chi connectivity index (χ3v) is 6.66. The number of carboxylic acids is 1. The molecule has 1 aliphatic rings. The quantitative estimate of drug-likeness (QED) is 0.638. The number of nitrogens with one attached hydrogen (secondary N) is 1. The zero-order valence-corrected chi connectivity index (χ0v) is 16.5. The first kappa shape index (κ1) is 20.5. The van der Waals surface area contributed by atoms with Gasteiger partial charge in [0.05, 0.1) is 10.8 Å². The van der Waals surface area contributed by atoms with Crippen LogP contribution in [-0.4, -0.2) is 32.3 Å². The Bertz CT molecular complexity index is 988. The maximum Gasteiger partial charge on any atom is 0.311 e. The normalized spacial score (nSPS) is 17.1. The molecule has 2 atom stereocenters. The fourth-order valence-electron chi connectivity index (χ4n) is 3.49. The molecular formula is C20H20ClNO5S. The summed E-state index contributed by atoms with van der Waals surface area (Å²) in [6, 6.07) is 11.4. The Kier molecular flexibility index (Phi) is 6.17. The van der Waals surface area contributed by atoms with Crippen LogP contribution in [0.25, 0.3) is 0 Å². The molecule has 2 N–H and O–H groups in total. The third-order valence-electron chi connectivity index (χ3n) is 4.97. The van der Waals surface area contributed by atoms with Crippen molar-refractivity contribution in [3.05, 3.63) is 64.2 Å². The summed E-state index contributed by atoms with van der Waals surface area (Å²) in [6.07, 6.45) is 1.91. The molecule has 2 aromatic rings. The highest BCUT2D eigenvalue weighted by Gasteiger charge is 2.26. The van der Waals surface area contributed by atoms with Crippen LogP contribution >= 0.6 is 11.6 Å². The lowest BCUT2D eigenvalue weighted by molar-refractivity contribution is -0.139. The van der Waals surface area contributed by atoms with Gasteiger partial charge in [0.25, 0.3) is 0 Å². The van der Waals surface area contributed by atoms with Gasteiger partial charge in [-0.3, -0.25) is 4.79 Å². The van der Waals surface area contributed by atoms with Crippen molar-refractivity contribution in [2.75, 3.05) is 6.54 Å². The van der Waals surface area contributed by atoms with Gasteiger partial charge in [-0.05, 0) is 59.7 Å². The predicted molar refractivity (Wildman–Crippen MR) is 105 cm³/mol. The standard InChI is InChI=1S/C20H20ClNO5S/c21-17-3-5-18(6-4-17)28(26,27)22-12-13-9-14-1-2-15(11-16(14)10-13)19(7-8-23)20(24)25/h1-6,8,11,13,19,22H,7,9-10,12H2,(H,24,25). The van der Waals surface area contributed by atoms with Crippen LogP contribution in [0.3, 0.4) is 0 Å². The van der Waals surface area contributed by atoms with Crippen LogP contribution in [0.1, 0.15) is 29.0 Å². The molecule has 0 fully saturated rings. The molecule has 2 unspecified atom stereocenters. The number of fused-ring (bicyclic) bond motifs is 1. The summed E-state index contributed by atoms with van der Waals surface area (Å²) in [4.78, 5) is 22.3. The molecule has 0 spiro atoms. The molecule has 28 heavy (non-hydrogen) atoms. The van der Waals surface area contributed by atoms with Crippen molar-refractivity contribution >= 4 is 33.9 Å². The highest BCUT2D eigenvalue weighted by Crippen LogP contribution is 2.30. The zero-order chi connectivity index (χ0) is 20.3. The Labute approximate surface area is 168 Å². The second-order valence-electron chi connectivity index (χ2n) is 6.90. The van der Waals surface area contributed by atoms with Crippen molar-refractivity contribution in [3.8, 4) is 0 Å². The van der Waals surface area contributed by atoms with Crippen molar-refractivity contribution in [2.45, 2.75) is 30.1 Å². The fourth-order valence-corrected chi connectivity index (χ4v) is 4.73. The van der Waals surface area contributed by atoms with Crippen molar-refractivity contribution in [3.63, 3.8) is 0 Å². The number of sulfonamides is 1. The molecule has 0 bridgehead atoms. The molecule has 0 radical (unpaired) electrons. The molecule has 6 nitrogen and oxygen atoms in total. The van der Waals surface area contributed by atoms with Gasteiger partial charge in [0.2, 0.25) is 10.0 Å². The van der Waals surface area contributed by atoms with Crippen molar-refractivity contribution in [1.29, 1.82) is 0 Å². The molecule has 3 rings (SSSR count). The Hall–Kier alpha value is -2.22. The molecule has 0 heterocycles. The van der Waals surface area contributed by atoms with E-state index in [0.717, 1.165) is 11.1 Å². The number of benzene rings is 2. The molecular weight excluding hydrogens is 402 g/mol. The molecule has 8 heteroatoms. The molecule has 0 aromatic heterocycles. The van der Waals surface area contributed by atoms with Gasteiger partial charge in [-0.1, -0.05) is 29.8 Å². The lowest BCUT2D eigenvalue weighted by Gasteiger charge is -2.12. The van der Waals surface area contributed by atoms with E-state index in [1.54, 1.807) is 6.07 Å². The molecule has 148 valence electrons. The van der Waals surface area contributed by atoms with Gasteiger partial charge in [0.15, 0.2) is 0 Å². The lowest BCUT2D eigenvalue weighted by atomic mass is 9.93. The number of carbonyl (C=O) groups is 2. The topological polar surface area (TPSA) is 101 Å². The summed E-state index contributed by atoms with van der Waals surface area (Å²) >= 11 is 5.80. The predicted octanol–water partition coefficient (Wildman–Crippen LogP) is 2.79. The number of hydrogen-bond donors (Lipinski definition) is 2. The first-order valence-electron chi connectivity index (χ1n) is 8.83. The fraction of sp³-hybridized carbons (Fsp3) is 0.300. The van der Waals surface area contributed by atoms with Crippen LogP contribution < -0.4 is 4.72 Å². The molecule has 0 saturated heterocycles. The Morgan fingerprint density at radius 3 is 2.50 bits per heavy atom. The summed E-state index contributed by atoms with van der Waals surface area (Å²) in [5, 5.41) is 9.78. The molecule has 0 saturated carbocycles. The van der Waals surface area contributed by atoms with Gasteiger partial charge in [-0.2, -0.15) is 0 Å². The minimum Gasteiger partial charge on any atom is -0.481 e. The van der Waals surface area contributed by atoms with E-state index in [1.165, 1.54) is 24.3 Å². The van der Waals surface area contributed by atoms with E-state index in [1.807, 2.05) is 12.1 Å². The van der Waals surface area contributed by atoms with E-state index >= 15 is 0 Å². The van der Waals surface area contributed by atoms with Crippen molar-refractivity contribution < 1.29 is 23.1 Å². The second kappa shape index (κ2) is 8.43. The number of aliphatic carboxylic acids is 1. The zero-order valence-electron chi connectivity index (χ0n) is 15.0. The maximum atomic E-state index is 12.4. The molecule has 1 aliphatic carbocycles. The van der Waals surface area contributed by atoms with Gasteiger partial charge < -0.3 is 9.90 Å². The van der Waals surface area contributed by atoms with Crippen molar-refractivity contribution in [1.82, 2.24) is 4.72 Å². The van der Waals surface area contributed by atoms with Gasteiger partial charge in [-0.25, -0.2) is 13.1 Å². The van der Waals surface area contributed by atoms with Crippen LogP contribution in [0, 0.1) is 5.92 Å². The van der Waals surface area contributed by atoms with Crippen LogP contribution in [0.4, 0.5) is 0 Å². The first-order chi connectivity index (χ1) is 13.3. The Morgan fingerprint density at radius 1 is 1.18 bits per heavy atom. The van der Waals surface area contributed by atoms with Gasteiger partial charge >= 0.3 is 5.97 Å². The second-order valence-corrected chi connectivity index (χ2v) is 9.10. The summed E-state index contributed by atoms with van der Waals surface area (Å²) in [7, 11) is -3.62. The Balaban J connectivity index is 1.67. The van der Waals surface area contributed by atoms with Crippen LogP contribution in [-0.2, 0) is 32.5 Å². The average molecular weight is 422 g/mol. The van der Waals surface area contributed by atoms with E-state index in [2.05, 4.69) is 4.72 Å². The summed E-state index contributed by atoms with van der Waals surface area (Å²) in [6.45, 7) is 0.283. The average Bonchev–Trinajstić information content (AvgIpc) is 3.07. The monoisotopic (exact) mass is 421 g/mol. The van der Waals surface area contributed by atoms with E-state index in [0.29, 0.717) is 29.7 Å². The number of halogens is 1. The SMILES string of the molecule is O=CCC(C(=O)O)c1ccc2c(c1)CC(CNS(=O)(=O)c1ccc(Cl)cc1)C2. The number of aldehydes is 1.